The first-order valence-electron chi connectivity index (χ1n) is 5.41. The van der Waals surface area contributed by atoms with Crippen LogP contribution >= 0.6 is 0 Å². The smallest absolute Gasteiger partial charge is 0.0960 e. The molecule has 0 fully saturated rings. The quantitative estimate of drug-likeness (QED) is 0.679. The van der Waals surface area contributed by atoms with Gasteiger partial charge in [0.2, 0.25) is 0 Å². The van der Waals surface area contributed by atoms with E-state index in [1.807, 2.05) is 19.1 Å². The lowest BCUT2D eigenvalue weighted by atomic mass is 9.93. The maximum Gasteiger partial charge on any atom is 0.0960 e. The van der Waals surface area contributed by atoms with Gasteiger partial charge in [-0.15, -0.1) is 0 Å². The van der Waals surface area contributed by atoms with Crippen LogP contribution < -0.4 is 0 Å². The van der Waals surface area contributed by atoms with Crippen LogP contribution in [0.25, 0.3) is 6.08 Å². The SMILES string of the molecule is C=Cc1cc(C(C)C)cc(C(C)CF)c1. The monoisotopic (exact) mass is 206 g/mol. The van der Waals surface area contributed by atoms with Crippen LogP contribution in [0.2, 0.25) is 0 Å². The highest BCUT2D eigenvalue weighted by atomic mass is 19.1. The van der Waals surface area contributed by atoms with E-state index in [9.17, 15) is 4.39 Å². The zero-order chi connectivity index (χ0) is 11.4. The molecule has 0 radical (unpaired) electrons. The summed E-state index contributed by atoms with van der Waals surface area (Å²) in [7, 11) is 0. The molecule has 0 saturated heterocycles. The highest BCUT2D eigenvalue weighted by Crippen LogP contribution is 2.24. The molecule has 0 aliphatic heterocycles. The predicted octanol–water partition coefficient (Wildman–Crippen LogP) is 4.53. The van der Waals surface area contributed by atoms with Gasteiger partial charge in [0, 0.05) is 5.92 Å². The van der Waals surface area contributed by atoms with Crippen molar-refractivity contribution in [2.45, 2.75) is 32.6 Å². The third-order valence-electron chi connectivity index (χ3n) is 2.70. The first-order valence-corrected chi connectivity index (χ1v) is 5.41. The molecule has 0 aliphatic carbocycles. The van der Waals surface area contributed by atoms with E-state index in [2.05, 4.69) is 32.6 Å². The average Bonchev–Trinajstić information content (AvgIpc) is 2.27. The second-order valence-corrected chi connectivity index (χ2v) is 4.35. The Bertz CT molecular complexity index is 339. The van der Waals surface area contributed by atoms with E-state index in [0.29, 0.717) is 5.92 Å². The lowest BCUT2D eigenvalue weighted by Crippen LogP contribution is -1.99. The zero-order valence-corrected chi connectivity index (χ0v) is 9.76. The Morgan fingerprint density at radius 3 is 2.27 bits per heavy atom. The summed E-state index contributed by atoms with van der Waals surface area (Å²) in [5, 5.41) is 0. The van der Waals surface area contributed by atoms with Gasteiger partial charge in [0.1, 0.15) is 0 Å². The second kappa shape index (κ2) is 5.11. The Morgan fingerprint density at radius 2 is 1.80 bits per heavy atom. The van der Waals surface area contributed by atoms with Gasteiger partial charge >= 0.3 is 0 Å². The fourth-order valence-electron chi connectivity index (χ4n) is 1.53. The Balaban J connectivity index is 3.16. The van der Waals surface area contributed by atoms with Crippen molar-refractivity contribution in [3.63, 3.8) is 0 Å². The molecule has 15 heavy (non-hydrogen) atoms. The van der Waals surface area contributed by atoms with Gasteiger partial charge in [-0.2, -0.15) is 0 Å². The van der Waals surface area contributed by atoms with Gasteiger partial charge in [0.05, 0.1) is 6.67 Å². The van der Waals surface area contributed by atoms with Crippen LogP contribution in [-0.4, -0.2) is 6.67 Å². The summed E-state index contributed by atoms with van der Waals surface area (Å²) >= 11 is 0. The largest absolute Gasteiger partial charge is 0.250 e. The normalized spacial score (nSPS) is 12.9. The Labute approximate surface area is 91.8 Å². The highest BCUT2D eigenvalue weighted by Gasteiger charge is 2.08. The molecule has 1 heteroatoms. The molecule has 82 valence electrons. The molecule has 0 aromatic heterocycles. The van der Waals surface area contributed by atoms with Crippen LogP contribution in [0.4, 0.5) is 4.39 Å². The molecular weight excluding hydrogens is 187 g/mol. The van der Waals surface area contributed by atoms with Gasteiger partial charge < -0.3 is 0 Å². The van der Waals surface area contributed by atoms with Crippen LogP contribution in [0, 0.1) is 0 Å². The fraction of sp³-hybridized carbons (Fsp3) is 0.429. The maximum atomic E-state index is 12.6. The topological polar surface area (TPSA) is 0 Å². The lowest BCUT2D eigenvalue weighted by molar-refractivity contribution is 0.447. The molecule has 1 aromatic carbocycles. The molecule has 0 N–H and O–H groups in total. The zero-order valence-electron chi connectivity index (χ0n) is 9.76. The number of alkyl halides is 1. The first kappa shape index (κ1) is 12.0. The van der Waals surface area contributed by atoms with Gasteiger partial charge in [-0.25, -0.2) is 0 Å². The van der Waals surface area contributed by atoms with Gasteiger partial charge in [0.15, 0.2) is 0 Å². The summed E-state index contributed by atoms with van der Waals surface area (Å²) in [6.07, 6.45) is 1.82. The van der Waals surface area contributed by atoms with E-state index in [-0.39, 0.29) is 12.6 Å². The van der Waals surface area contributed by atoms with Crippen molar-refractivity contribution in [2.24, 2.45) is 0 Å². The highest BCUT2D eigenvalue weighted by molar-refractivity contribution is 5.51. The molecule has 1 atom stereocenters. The van der Waals surface area contributed by atoms with Crippen LogP contribution in [-0.2, 0) is 0 Å². The van der Waals surface area contributed by atoms with Crippen molar-refractivity contribution in [1.82, 2.24) is 0 Å². The van der Waals surface area contributed by atoms with E-state index in [1.54, 1.807) is 0 Å². The molecule has 0 spiro atoms. The summed E-state index contributed by atoms with van der Waals surface area (Å²) in [6.45, 7) is 9.66. The number of rotatable bonds is 4. The van der Waals surface area contributed by atoms with E-state index in [0.717, 1.165) is 11.1 Å². The second-order valence-electron chi connectivity index (χ2n) is 4.35. The van der Waals surface area contributed by atoms with E-state index in [1.165, 1.54) is 5.56 Å². The van der Waals surface area contributed by atoms with Crippen LogP contribution in [0.1, 0.15) is 49.3 Å². The molecule has 1 rings (SSSR count). The summed E-state index contributed by atoms with van der Waals surface area (Å²) < 4.78 is 12.6. The van der Waals surface area contributed by atoms with Crippen molar-refractivity contribution in [3.8, 4) is 0 Å². The molecule has 0 heterocycles. The Hall–Kier alpha value is -1.11. The molecule has 0 aliphatic rings. The molecule has 0 amide bonds. The van der Waals surface area contributed by atoms with Gasteiger partial charge in [0.25, 0.3) is 0 Å². The predicted molar refractivity (Wildman–Crippen MR) is 65.0 cm³/mol. The minimum Gasteiger partial charge on any atom is -0.250 e. The Morgan fingerprint density at radius 1 is 1.20 bits per heavy atom. The lowest BCUT2D eigenvalue weighted by Gasteiger charge is -2.13. The summed E-state index contributed by atoms with van der Waals surface area (Å²) in [5.74, 6) is 0.442. The molecule has 1 aromatic rings. The fourth-order valence-corrected chi connectivity index (χ4v) is 1.53. The van der Waals surface area contributed by atoms with Crippen LogP contribution in [0.3, 0.4) is 0 Å². The van der Waals surface area contributed by atoms with E-state index in [4.69, 9.17) is 0 Å². The van der Waals surface area contributed by atoms with E-state index < -0.39 is 0 Å². The van der Waals surface area contributed by atoms with Crippen LogP contribution in [0.5, 0.6) is 0 Å². The molecule has 0 saturated carbocycles. The Kier molecular flexibility index (Phi) is 4.07. The number of hydrogen-bond donors (Lipinski definition) is 0. The van der Waals surface area contributed by atoms with Crippen molar-refractivity contribution < 1.29 is 4.39 Å². The minimum absolute atomic E-state index is 0.0256. The van der Waals surface area contributed by atoms with Crippen LogP contribution in [0.15, 0.2) is 24.8 Å². The molecular formula is C14H19F. The van der Waals surface area contributed by atoms with Crippen molar-refractivity contribution in [3.05, 3.63) is 41.5 Å². The van der Waals surface area contributed by atoms with E-state index >= 15 is 0 Å². The third-order valence-corrected chi connectivity index (χ3v) is 2.70. The molecule has 0 nitrogen and oxygen atoms in total. The summed E-state index contributed by atoms with van der Waals surface area (Å²) in [6, 6.07) is 6.23. The molecule has 0 bridgehead atoms. The first-order chi connectivity index (χ1) is 7.08. The number of hydrogen-bond acceptors (Lipinski definition) is 0. The average molecular weight is 206 g/mol. The van der Waals surface area contributed by atoms with Crippen molar-refractivity contribution in [1.29, 1.82) is 0 Å². The third kappa shape index (κ3) is 2.92. The van der Waals surface area contributed by atoms with Gasteiger partial charge in [-0.1, -0.05) is 51.6 Å². The van der Waals surface area contributed by atoms with Crippen molar-refractivity contribution in [2.75, 3.05) is 6.67 Å². The number of halogens is 1. The molecule has 1 unspecified atom stereocenters. The standard InChI is InChI=1S/C14H19F/c1-5-12-6-13(10(2)3)8-14(7-12)11(4)9-15/h5-8,10-11H,1,9H2,2-4H3. The number of benzene rings is 1. The minimum atomic E-state index is -0.307. The van der Waals surface area contributed by atoms with Gasteiger partial charge in [-0.05, 0) is 22.6 Å². The maximum absolute atomic E-state index is 12.6. The summed E-state index contributed by atoms with van der Waals surface area (Å²) in [5.41, 5.74) is 3.40. The summed E-state index contributed by atoms with van der Waals surface area (Å²) in [4.78, 5) is 0. The van der Waals surface area contributed by atoms with Gasteiger partial charge in [-0.3, -0.25) is 4.39 Å². The van der Waals surface area contributed by atoms with Crippen molar-refractivity contribution >= 4 is 6.08 Å².